The van der Waals surface area contributed by atoms with Crippen LogP contribution in [0.3, 0.4) is 0 Å². The summed E-state index contributed by atoms with van der Waals surface area (Å²) in [6, 6.07) is 7.65. The molecule has 0 unspecified atom stereocenters. The molecule has 1 fully saturated rings. The summed E-state index contributed by atoms with van der Waals surface area (Å²) in [6.07, 6.45) is 5.62. The molecule has 7 nitrogen and oxygen atoms in total. The lowest BCUT2D eigenvalue weighted by Crippen LogP contribution is -2.40. The highest BCUT2D eigenvalue weighted by molar-refractivity contribution is 5.80. The van der Waals surface area contributed by atoms with Crippen LogP contribution < -0.4 is 10.6 Å². The molecule has 1 aromatic heterocycles. The minimum absolute atomic E-state index is 0.0652. The third-order valence-corrected chi connectivity index (χ3v) is 5.60. The lowest BCUT2D eigenvalue weighted by atomic mass is 10.0. The number of nitrogens with zero attached hydrogens (tertiary/aromatic N) is 2. The maximum atomic E-state index is 12.4. The molecule has 156 valence electrons. The van der Waals surface area contributed by atoms with Crippen LogP contribution in [-0.4, -0.2) is 45.4 Å². The highest BCUT2D eigenvalue weighted by Crippen LogP contribution is 2.26. The van der Waals surface area contributed by atoms with Crippen molar-refractivity contribution in [3.63, 3.8) is 0 Å². The first-order valence-electron chi connectivity index (χ1n) is 10.2. The summed E-state index contributed by atoms with van der Waals surface area (Å²) in [5.41, 5.74) is 3.39. The number of benzene rings is 1. The smallest absolute Gasteiger partial charge is 0.223 e. The number of hydrogen-bond donors (Lipinski definition) is 3. The number of aryl methyl sites for hydroxylation is 3. The Hall–Kier alpha value is -2.67. The topological polar surface area (TPSA) is 96.3 Å². The summed E-state index contributed by atoms with van der Waals surface area (Å²) in [5, 5.41) is 20.2. The maximum Gasteiger partial charge on any atom is 0.223 e. The predicted molar refractivity (Wildman–Crippen MR) is 110 cm³/mol. The van der Waals surface area contributed by atoms with E-state index in [-0.39, 0.29) is 23.8 Å². The predicted octanol–water partition coefficient (Wildman–Crippen LogP) is 1.28. The lowest BCUT2D eigenvalue weighted by Gasteiger charge is -2.16. The fourth-order valence-electron chi connectivity index (χ4n) is 3.88. The molecule has 3 atom stereocenters. The molecule has 0 saturated heterocycles. The van der Waals surface area contributed by atoms with Crippen LogP contribution in [0.5, 0.6) is 0 Å². The van der Waals surface area contributed by atoms with Crippen molar-refractivity contribution in [2.45, 2.75) is 51.2 Å². The summed E-state index contributed by atoms with van der Waals surface area (Å²) in [4.78, 5) is 24.7. The number of carbonyl (C=O) groups excluding carboxylic acids is 2. The van der Waals surface area contributed by atoms with Gasteiger partial charge in [-0.2, -0.15) is 5.10 Å². The lowest BCUT2D eigenvalue weighted by molar-refractivity contribution is -0.125. The third-order valence-electron chi connectivity index (χ3n) is 5.60. The Balaban J connectivity index is 1.40. The van der Waals surface area contributed by atoms with E-state index in [2.05, 4.69) is 15.7 Å². The summed E-state index contributed by atoms with van der Waals surface area (Å²) in [6.45, 7) is 2.57. The van der Waals surface area contributed by atoms with Crippen molar-refractivity contribution in [1.29, 1.82) is 0 Å². The van der Waals surface area contributed by atoms with Crippen LogP contribution in [0.4, 0.5) is 0 Å². The first kappa shape index (κ1) is 21.0. The Labute approximate surface area is 171 Å². The fraction of sp³-hybridized carbons (Fsp3) is 0.500. The van der Waals surface area contributed by atoms with Gasteiger partial charge in [-0.25, -0.2) is 0 Å². The van der Waals surface area contributed by atoms with Crippen LogP contribution in [0.25, 0.3) is 0 Å². The van der Waals surface area contributed by atoms with E-state index in [9.17, 15) is 14.7 Å². The molecule has 0 bridgehead atoms. The van der Waals surface area contributed by atoms with Crippen LogP contribution >= 0.6 is 0 Å². The van der Waals surface area contributed by atoms with E-state index < -0.39 is 6.10 Å². The summed E-state index contributed by atoms with van der Waals surface area (Å²) in [5.74, 6) is -0.430. The van der Waals surface area contributed by atoms with Crippen molar-refractivity contribution in [2.75, 3.05) is 6.54 Å². The minimum Gasteiger partial charge on any atom is -0.391 e. The second-order valence-corrected chi connectivity index (χ2v) is 7.90. The van der Waals surface area contributed by atoms with Gasteiger partial charge in [-0.1, -0.05) is 24.3 Å². The molecule has 29 heavy (non-hydrogen) atoms. The monoisotopic (exact) mass is 398 g/mol. The summed E-state index contributed by atoms with van der Waals surface area (Å²) < 4.78 is 1.73. The van der Waals surface area contributed by atoms with Gasteiger partial charge in [0, 0.05) is 32.1 Å². The molecule has 7 heteroatoms. The number of carbonyl (C=O) groups is 2. The Morgan fingerprint density at radius 3 is 2.76 bits per heavy atom. The van der Waals surface area contributed by atoms with Crippen molar-refractivity contribution < 1.29 is 14.7 Å². The van der Waals surface area contributed by atoms with E-state index >= 15 is 0 Å². The van der Waals surface area contributed by atoms with Gasteiger partial charge in [0.15, 0.2) is 0 Å². The second-order valence-electron chi connectivity index (χ2n) is 7.90. The van der Waals surface area contributed by atoms with Gasteiger partial charge in [-0.15, -0.1) is 0 Å². The van der Waals surface area contributed by atoms with Crippen LogP contribution in [0, 0.1) is 12.8 Å². The molecule has 3 N–H and O–H groups in total. The minimum atomic E-state index is -0.688. The third kappa shape index (κ3) is 5.90. The van der Waals surface area contributed by atoms with Gasteiger partial charge >= 0.3 is 0 Å². The van der Waals surface area contributed by atoms with Crippen molar-refractivity contribution in [3.8, 4) is 0 Å². The molecule has 1 aliphatic rings. The van der Waals surface area contributed by atoms with Gasteiger partial charge in [-0.05, 0) is 49.3 Å². The molecule has 0 radical (unpaired) electrons. The Morgan fingerprint density at radius 1 is 1.24 bits per heavy atom. The van der Waals surface area contributed by atoms with Gasteiger partial charge in [0.05, 0.1) is 18.3 Å². The van der Waals surface area contributed by atoms with Gasteiger partial charge in [0.25, 0.3) is 0 Å². The number of aliphatic hydroxyl groups excluding tert-OH is 1. The van der Waals surface area contributed by atoms with Gasteiger partial charge < -0.3 is 15.7 Å². The zero-order chi connectivity index (χ0) is 20.8. The Morgan fingerprint density at radius 2 is 2.03 bits per heavy atom. The highest BCUT2D eigenvalue weighted by atomic mass is 16.3. The van der Waals surface area contributed by atoms with Crippen molar-refractivity contribution in [1.82, 2.24) is 20.4 Å². The van der Waals surface area contributed by atoms with Gasteiger partial charge in [0.2, 0.25) is 11.8 Å². The number of rotatable bonds is 8. The Bertz CT molecular complexity index is 848. The Kier molecular flexibility index (Phi) is 7.04. The molecule has 3 rings (SSSR count). The standard InChI is InChI=1S/C22H30N4O3/c1-15-5-3-4-6-17(15)7-8-21(28)25-19-11-18(12-20(19)27)22(29)23-10-9-16-13-24-26(2)14-16/h3-6,13-14,18-20,27H,7-12H2,1-2H3,(H,23,29)(H,25,28)/t18-,19-,20-/m0/s1. The van der Waals surface area contributed by atoms with Gasteiger partial charge in [0.1, 0.15) is 0 Å². The van der Waals surface area contributed by atoms with E-state index in [1.807, 2.05) is 44.4 Å². The largest absolute Gasteiger partial charge is 0.391 e. The molecular formula is C22H30N4O3. The van der Waals surface area contributed by atoms with E-state index in [0.29, 0.717) is 38.6 Å². The molecule has 1 heterocycles. The second kappa shape index (κ2) is 9.69. The first-order valence-corrected chi connectivity index (χ1v) is 10.2. The van der Waals surface area contributed by atoms with Crippen LogP contribution in [-0.2, 0) is 29.5 Å². The molecule has 2 aromatic rings. The molecule has 2 amide bonds. The highest BCUT2D eigenvalue weighted by Gasteiger charge is 2.37. The van der Waals surface area contributed by atoms with Gasteiger partial charge in [-0.3, -0.25) is 14.3 Å². The maximum absolute atomic E-state index is 12.4. The SMILES string of the molecule is Cc1ccccc1CCC(=O)N[C@H]1C[C@H](C(=O)NCCc2cnn(C)c2)C[C@@H]1O. The van der Waals surface area contributed by atoms with Crippen LogP contribution in [0.1, 0.15) is 36.0 Å². The first-order chi connectivity index (χ1) is 13.9. The average molecular weight is 399 g/mol. The summed E-state index contributed by atoms with van der Waals surface area (Å²) >= 11 is 0. The quantitative estimate of drug-likeness (QED) is 0.624. The van der Waals surface area contributed by atoms with Crippen molar-refractivity contribution in [3.05, 3.63) is 53.3 Å². The molecule has 1 aromatic carbocycles. The average Bonchev–Trinajstić information content (AvgIpc) is 3.26. The van der Waals surface area contributed by atoms with E-state index in [1.165, 1.54) is 5.56 Å². The fourth-order valence-corrected chi connectivity index (χ4v) is 3.88. The van der Waals surface area contributed by atoms with Crippen LogP contribution in [0.15, 0.2) is 36.7 Å². The molecule has 1 aliphatic carbocycles. The van der Waals surface area contributed by atoms with E-state index in [0.717, 1.165) is 11.1 Å². The van der Waals surface area contributed by atoms with Crippen LogP contribution in [0.2, 0.25) is 0 Å². The normalized spacial score (nSPS) is 21.1. The van der Waals surface area contributed by atoms with E-state index in [4.69, 9.17) is 0 Å². The zero-order valence-corrected chi connectivity index (χ0v) is 17.1. The molecule has 0 spiro atoms. The summed E-state index contributed by atoms with van der Waals surface area (Å²) in [7, 11) is 1.86. The zero-order valence-electron chi connectivity index (χ0n) is 17.1. The number of hydrogen-bond acceptors (Lipinski definition) is 4. The molecule has 1 saturated carbocycles. The molecule has 0 aliphatic heterocycles. The van der Waals surface area contributed by atoms with Crippen molar-refractivity contribution >= 4 is 11.8 Å². The van der Waals surface area contributed by atoms with E-state index in [1.54, 1.807) is 10.9 Å². The van der Waals surface area contributed by atoms with Crippen molar-refractivity contribution in [2.24, 2.45) is 13.0 Å². The number of aliphatic hydroxyl groups is 1. The molecular weight excluding hydrogens is 368 g/mol. The number of amides is 2. The number of aromatic nitrogens is 2. The number of nitrogens with one attached hydrogen (secondary N) is 2.